The molecule has 24 heavy (non-hydrogen) atoms. The van der Waals surface area contributed by atoms with E-state index in [4.69, 9.17) is 5.26 Å². The molecule has 3 aromatic rings. The molecule has 122 valence electrons. The normalized spacial score (nSPS) is 12.0. The first-order valence-corrected chi connectivity index (χ1v) is 7.40. The molecule has 2 aromatic heterocycles. The quantitative estimate of drug-likeness (QED) is 0.719. The fourth-order valence-electron chi connectivity index (χ4n) is 2.40. The van der Waals surface area contributed by atoms with Crippen molar-refractivity contribution in [2.24, 2.45) is 0 Å². The molecule has 0 amide bonds. The zero-order valence-corrected chi connectivity index (χ0v) is 12.7. The maximum absolute atomic E-state index is 13.7. The van der Waals surface area contributed by atoms with Gasteiger partial charge in [0.2, 0.25) is 0 Å². The minimum Gasteiger partial charge on any atom is -0.386 e. The summed E-state index contributed by atoms with van der Waals surface area (Å²) in [6, 6.07) is 8.15. The van der Waals surface area contributed by atoms with E-state index in [1.165, 1.54) is 18.5 Å². The predicted molar refractivity (Wildman–Crippen MR) is 85.4 cm³/mol. The second-order valence-electron chi connectivity index (χ2n) is 5.15. The number of anilines is 1. The number of hydrogen-bond donors (Lipinski definition) is 2. The topological polar surface area (TPSA) is 99.7 Å². The lowest BCUT2D eigenvalue weighted by atomic mass is 10.1. The molecule has 0 aliphatic rings. The summed E-state index contributed by atoms with van der Waals surface area (Å²) in [5.74, 6) is 0.0440. The fraction of sp³-hybridized carbons (Fsp3) is 0.250. The van der Waals surface area contributed by atoms with Gasteiger partial charge in [-0.25, -0.2) is 19.0 Å². The molecule has 0 bridgehead atoms. The third kappa shape index (κ3) is 3.16. The molecule has 7 nitrogen and oxygen atoms in total. The third-order valence-electron chi connectivity index (χ3n) is 3.60. The first-order valence-electron chi connectivity index (χ1n) is 7.40. The second kappa shape index (κ2) is 7.02. The minimum atomic E-state index is -1.01. The summed E-state index contributed by atoms with van der Waals surface area (Å²) in [6.07, 6.45) is 2.30. The minimum absolute atomic E-state index is 0.0937. The highest BCUT2D eigenvalue weighted by Crippen LogP contribution is 2.21. The number of fused-ring (bicyclic) bond motifs is 1. The number of aliphatic hydroxyl groups excluding tert-OH is 1. The Kier molecular flexibility index (Phi) is 4.63. The molecule has 1 atom stereocenters. The zero-order chi connectivity index (χ0) is 16.9. The molecule has 2 N–H and O–H groups in total. The summed E-state index contributed by atoms with van der Waals surface area (Å²) in [6.45, 7) is 0.532. The maximum atomic E-state index is 13.7. The molecule has 0 radical (unpaired) electrons. The summed E-state index contributed by atoms with van der Waals surface area (Å²) >= 11 is 0. The molecule has 0 spiro atoms. The van der Waals surface area contributed by atoms with E-state index in [0.29, 0.717) is 29.8 Å². The Morgan fingerprint density at radius 1 is 1.33 bits per heavy atom. The highest BCUT2D eigenvalue weighted by molar-refractivity contribution is 5.86. The number of nitrogens with one attached hydrogen (secondary N) is 1. The van der Waals surface area contributed by atoms with Crippen molar-refractivity contribution in [1.82, 2.24) is 19.7 Å². The smallest absolute Gasteiger partial charge is 0.163 e. The van der Waals surface area contributed by atoms with Gasteiger partial charge in [-0.1, -0.05) is 18.2 Å². The number of aryl methyl sites for hydroxylation is 1. The van der Waals surface area contributed by atoms with Crippen molar-refractivity contribution in [3.63, 3.8) is 0 Å². The maximum Gasteiger partial charge on any atom is 0.163 e. The lowest BCUT2D eigenvalue weighted by Crippen LogP contribution is -2.14. The van der Waals surface area contributed by atoms with Crippen molar-refractivity contribution >= 4 is 16.9 Å². The van der Waals surface area contributed by atoms with E-state index in [1.807, 2.05) is 0 Å². The van der Waals surface area contributed by atoms with Crippen LogP contribution in [0.2, 0.25) is 0 Å². The average molecular weight is 326 g/mol. The third-order valence-corrected chi connectivity index (χ3v) is 3.60. The summed E-state index contributed by atoms with van der Waals surface area (Å²) in [5, 5.41) is 26.7. The number of nitrogens with zero attached hydrogens (tertiary/aromatic N) is 5. The molecule has 1 aromatic carbocycles. The van der Waals surface area contributed by atoms with Crippen molar-refractivity contribution in [2.45, 2.75) is 19.1 Å². The molecule has 0 fully saturated rings. The van der Waals surface area contributed by atoms with Gasteiger partial charge in [-0.15, -0.1) is 0 Å². The SMILES string of the molecule is N#CCCn1ncc2c(NCC(O)c3ccccc3F)ncnc21. The van der Waals surface area contributed by atoms with E-state index in [-0.39, 0.29) is 12.1 Å². The van der Waals surface area contributed by atoms with E-state index < -0.39 is 11.9 Å². The summed E-state index contributed by atoms with van der Waals surface area (Å²) in [5.41, 5.74) is 0.822. The monoisotopic (exact) mass is 326 g/mol. The number of nitriles is 1. The van der Waals surface area contributed by atoms with Gasteiger partial charge < -0.3 is 10.4 Å². The van der Waals surface area contributed by atoms with E-state index in [2.05, 4.69) is 26.5 Å². The number of hydrogen-bond acceptors (Lipinski definition) is 6. The Morgan fingerprint density at radius 2 is 2.17 bits per heavy atom. The zero-order valence-electron chi connectivity index (χ0n) is 12.7. The Bertz CT molecular complexity index is 888. The molecule has 1 unspecified atom stereocenters. The number of halogens is 1. The van der Waals surface area contributed by atoms with Crippen molar-refractivity contribution in [3.05, 3.63) is 48.2 Å². The van der Waals surface area contributed by atoms with Gasteiger partial charge in [-0.3, -0.25) is 0 Å². The van der Waals surface area contributed by atoms with Gasteiger partial charge in [0, 0.05) is 12.1 Å². The Balaban J connectivity index is 1.77. The van der Waals surface area contributed by atoms with Crippen LogP contribution in [0.3, 0.4) is 0 Å². The Morgan fingerprint density at radius 3 is 2.96 bits per heavy atom. The first-order chi connectivity index (χ1) is 11.7. The van der Waals surface area contributed by atoms with Gasteiger partial charge in [0.05, 0.1) is 36.7 Å². The van der Waals surface area contributed by atoms with Crippen molar-refractivity contribution in [1.29, 1.82) is 5.26 Å². The molecular formula is C16H15FN6O. The Hall–Kier alpha value is -3.05. The van der Waals surface area contributed by atoms with E-state index in [0.717, 1.165) is 0 Å². The van der Waals surface area contributed by atoms with Crippen LogP contribution >= 0.6 is 0 Å². The number of aromatic nitrogens is 4. The predicted octanol–water partition coefficient (Wildman–Crippen LogP) is 2.02. The highest BCUT2D eigenvalue weighted by Gasteiger charge is 2.14. The van der Waals surface area contributed by atoms with Crippen LogP contribution in [-0.4, -0.2) is 31.4 Å². The lowest BCUT2D eigenvalue weighted by molar-refractivity contribution is 0.186. The van der Waals surface area contributed by atoms with Crippen molar-refractivity contribution < 1.29 is 9.50 Å². The molecule has 0 aliphatic heterocycles. The number of aliphatic hydroxyl groups is 1. The standard InChI is InChI=1S/C16H15FN6O/c17-13-5-2-1-4-11(13)14(24)9-19-15-12-8-22-23(7-3-6-18)16(12)21-10-20-15/h1-2,4-5,8,10,14,24H,3,7,9H2,(H,19,20,21). The average Bonchev–Trinajstić information content (AvgIpc) is 3.02. The van der Waals surface area contributed by atoms with Crippen LogP contribution < -0.4 is 5.32 Å². The van der Waals surface area contributed by atoms with Crippen molar-refractivity contribution in [3.8, 4) is 6.07 Å². The van der Waals surface area contributed by atoms with E-state index in [1.54, 1.807) is 23.0 Å². The first kappa shape index (κ1) is 15.8. The summed E-state index contributed by atoms with van der Waals surface area (Å²) in [4.78, 5) is 8.31. The van der Waals surface area contributed by atoms with Crippen LogP contribution in [0.15, 0.2) is 36.8 Å². The van der Waals surface area contributed by atoms with Gasteiger partial charge in [0.25, 0.3) is 0 Å². The molecule has 0 saturated carbocycles. The van der Waals surface area contributed by atoms with Crippen LogP contribution in [0.4, 0.5) is 10.2 Å². The van der Waals surface area contributed by atoms with Gasteiger partial charge in [0.1, 0.15) is 18.0 Å². The summed E-state index contributed by atoms with van der Waals surface area (Å²) in [7, 11) is 0. The molecule has 3 rings (SSSR count). The van der Waals surface area contributed by atoms with Gasteiger partial charge in [-0.05, 0) is 6.07 Å². The molecule has 0 saturated heterocycles. The summed E-state index contributed by atoms with van der Waals surface area (Å²) < 4.78 is 15.3. The lowest BCUT2D eigenvalue weighted by Gasteiger charge is -2.13. The van der Waals surface area contributed by atoms with E-state index in [9.17, 15) is 9.50 Å². The largest absolute Gasteiger partial charge is 0.386 e. The van der Waals surface area contributed by atoms with Crippen LogP contribution in [-0.2, 0) is 6.54 Å². The van der Waals surface area contributed by atoms with Crippen molar-refractivity contribution in [2.75, 3.05) is 11.9 Å². The van der Waals surface area contributed by atoms with E-state index >= 15 is 0 Å². The second-order valence-corrected chi connectivity index (χ2v) is 5.15. The Labute approximate surface area is 137 Å². The van der Waals surface area contributed by atoms with Gasteiger partial charge in [0.15, 0.2) is 5.65 Å². The van der Waals surface area contributed by atoms with Crippen LogP contribution in [0, 0.1) is 17.1 Å². The van der Waals surface area contributed by atoms with Gasteiger partial charge in [-0.2, -0.15) is 10.4 Å². The number of rotatable bonds is 6. The highest BCUT2D eigenvalue weighted by atomic mass is 19.1. The molecule has 0 aliphatic carbocycles. The number of benzene rings is 1. The van der Waals surface area contributed by atoms with Gasteiger partial charge >= 0.3 is 0 Å². The van der Waals surface area contributed by atoms with Crippen LogP contribution in [0.1, 0.15) is 18.1 Å². The van der Waals surface area contributed by atoms with Crippen LogP contribution in [0.5, 0.6) is 0 Å². The molecule has 8 heteroatoms. The molecular weight excluding hydrogens is 311 g/mol. The molecule has 2 heterocycles. The van der Waals surface area contributed by atoms with Crippen LogP contribution in [0.25, 0.3) is 11.0 Å². The fourth-order valence-corrected chi connectivity index (χ4v) is 2.40.